The second-order valence-corrected chi connectivity index (χ2v) is 4.66. The molecule has 0 atom stereocenters. The zero-order chi connectivity index (χ0) is 10.1. The van der Waals surface area contributed by atoms with Crippen LogP contribution in [0.1, 0.15) is 10.4 Å². The second kappa shape index (κ2) is 3.82. The van der Waals surface area contributed by atoms with Crippen molar-refractivity contribution in [3.63, 3.8) is 0 Å². The Bertz CT molecular complexity index is 525. The zero-order valence-electron chi connectivity index (χ0n) is 7.12. The highest BCUT2D eigenvalue weighted by molar-refractivity contribution is 7.80. The number of alkyl halides is 1. The van der Waals surface area contributed by atoms with E-state index in [-0.39, 0.29) is 0 Å². The van der Waals surface area contributed by atoms with Crippen molar-refractivity contribution in [2.75, 3.05) is 0 Å². The number of thiophene rings is 1. The first-order valence-corrected chi connectivity index (χ1v) is 5.76. The van der Waals surface area contributed by atoms with Crippen LogP contribution in [0, 0.1) is 11.3 Å². The van der Waals surface area contributed by atoms with Crippen molar-refractivity contribution in [1.82, 2.24) is 0 Å². The molecule has 14 heavy (non-hydrogen) atoms. The minimum absolute atomic E-state index is 0.428. The zero-order valence-corrected chi connectivity index (χ0v) is 9.59. The number of fused-ring (bicyclic) bond motifs is 1. The van der Waals surface area contributed by atoms with Crippen molar-refractivity contribution in [1.29, 1.82) is 5.26 Å². The van der Waals surface area contributed by atoms with Crippen molar-refractivity contribution in [2.45, 2.75) is 10.8 Å². The maximum Gasteiger partial charge on any atom is 0.110 e. The number of rotatable bonds is 1. The number of hydrogen-bond donors (Lipinski definition) is 1. The molecule has 0 aliphatic carbocycles. The van der Waals surface area contributed by atoms with Gasteiger partial charge in [0.15, 0.2) is 0 Å². The van der Waals surface area contributed by atoms with Gasteiger partial charge in [0.2, 0.25) is 0 Å². The highest BCUT2D eigenvalue weighted by Crippen LogP contribution is 2.32. The fourth-order valence-electron chi connectivity index (χ4n) is 1.35. The Balaban J connectivity index is 2.81. The first-order chi connectivity index (χ1) is 6.76. The minimum Gasteiger partial charge on any atom is -0.192 e. The van der Waals surface area contributed by atoms with Crippen LogP contribution >= 0.6 is 35.6 Å². The lowest BCUT2D eigenvalue weighted by molar-refractivity contribution is 1.31. The van der Waals surface area contributed by atoms with Crippen LogP contribution in [0.3, 0.4) is 0 Å². The molecule has 0 saturated carbocycles. The second-order valence-electron chi connectivity index (χ2n) is 2.83. The molecule has 0 unspecified atom stereocenters. The fraction of sp³-hybridized carbons (Fsp3) is 0.100. The predicted octanol–water partition coefficient (Wildman–Crippen LogP) is 3.80. The quantitative estimate of drug-likeness (QED) is 0.594. The molecule has 1 heterocycles. The first kappa shape index (κ1) is 9.85. The van der Waals surface area contributed by atoms with Crippen molar-refractivity contribution in [3.8, 4) is 6.07 Å². The molecule has 70 valence electrons. The molecule has 0 bridgehead atoms. The van der Waals surface area contributed by atoms with Gasteiger partial charge in [-0.05, 0) is 29.1 Å². The third-order valence-electron chi connectivity index (χ3n) is 2.03. The summed E-state index contributed by atoms with van der Waals surface area (Å²) in [6.07, 6.45) is 0. The minimum atomic E-state index is 0.428. The monoisotopic (exact) mass is 239 g/mol. The summed E-state index contributed by atoms with van der Waals surface area (Å²) in [7, 11) is 0. The smallest absolute Gasteiger partial charge is 0.110 e. The molecular formula is C10H6ClNS2. The number of hydrogen-bond acceptors (Lipinski definition) is 3. The Hall–Kier alpha value is -0.690. The Kier molecular flexibility index (Phi) is 2.69. The van der Waals surface area contributed by atoms with E-state index in [1.807, 2.05) is 18.2 Å². The Labute approximate surface area is 96.3 Å². The summed E-state index contributed by atoms with van der Waals surface area (Å²) >= 11 is 11.6. The maximum absolute atomic E-state index is 8.78. The molecule has 2 rings (SSSR count). The highest BCUT2D eigenvalue weighted by atomic mass is 35.5. The van der Waals surface area contributed by atoms with Crippen LogP contribution in [0.5, 0.6) is 0 Å². The van der Waals surface area contributed by atoms with Crippen molar-refractivity contribution < 1.29 is 0 Å². The van der Waals surface area contributed by atoms with Crippen LogP contribution in [-0.4, -0.2) is 0 Å². The van der Waals surface area contributed by atoms with Crippen LogP contribution in [0.4, 0.5) is 0 Å². The summed E-state index contributed by atoms with van der Waals surface area (Å²) in [6, 6.07) is 7.90. The third kappa shape index (κ3) is 1.50. The molecular weight excluding hydrogens is 234 g/mol. The van der Waals surface area contributed by atoms with Gasteiger partial charge < -0.3 is 0 Å². The highest BCUT2D eigenvalue weighted by Gasteiger charge is 2.07. The molecule has 1 aromatic heterocycles. The SMILES string of the molecule is N#Cc1cc2c(CCl)c(S)ccc2s1. The molecule has 2 aromatic rings. The van der Waals surface area contributed by atoms with E-state index in [1.54, 1.807) is 0 Å². The van der Waals surface area contributed by atoms with E-state index in [0.717, 1.165) is 20.5 Å². The third-order valence-corrected chi connectivity index (χ3v) is 3.72. The van der Waals surface area contributed by atoms with E-state index >= 15 is 0 Å². The molecule has 0 aliphatic heterocycles. The largest absolute Gasteiger partial charge is 0.192 e. The van der Waals surface area contributed by atoms with Crippen molar-refractivity contribution >= 4 is 45.7 Å². The molecule has 0 amide bonds. The normalized spacial score (nSPS) is 10.4. The van der Waals surface area contributed by atoms with E-state index in [4.69, 9.17) is 16.9 Å². The van der Waals surface area contributed by atoms with Gasteiger partial charge in [-0.1, -0.05) is 0 Å². The standard InChI is InChI=1S/C10H6ClNS2/c11-4-8-7-3-6(5-12)14-10(7)2-1-9(8)13/h1-3,13H,4H2. The van der Waals surface area contributed by atoms with Crippen molar-refractivity contribution in [2.24, 2.45) is 0 Å². The van der Waals surface area contributed by atoms with E-state index < -0.39 is 0 Å². The van der Waals surface area contributed by atoms with Gasteiger partial charge in [-0.2, -0.15) is 5.26 Å². The summed E-state index contributed by atoms with van der Waals surface area (Å²) in [5.74, 6) is 0.428. The average Bonchev–Trinajstić information content (AvgIpc) is 2.60. The van der Waals surface area contributed by atoms with Gasteiger partial charge in [-0.3, -0.25) is 0 Å². The number of nitriles is 1. The molecule has 1 nitrogen and oxygen atoms in total. The first-order valence-electron chi connectivity index (χ1n) is 3.96. The summed E-state index contributed by atoms with van der Waals surface area (Å²) in [4.78, 5) is 1.60. The lowest BCUT2D eigenvalue weighted by atomic mass is 10.1. The Morgan fingerprint density at radius 1 is 1.50 bits per heavy atom. The van der Waals surface area contributed by atoms with Crippen molar-refractivity contribution in [3.05, 3.63) is 28.6 Å². The van der Waals surface area contributed by atoms with Gasteiger partial charge in [0.1, 0.15) is 10.9 Å². The van der Waals surface area contributed by atoms with Gasteiger partial charge in [-0.25, -0.2) is 0 Å². The maximum atomic E-state index is 8.78. The van der Waals surface area contributed by atoms with Gasteiger partial charge >= 0.3 is 0 Å². The van der Waals surface area contributed by atoms with Crippen LogP contribution in [0.15, 0.2) is 23.1 Å². The molecule has 0 saturated heterocycles. The van der Waals surface area contributed by atoms with Gasteiger partial charge in [0.25, 0.3) is 0 Å². The number of thiol groups is 1. The lowest BCUT2D eigenvalue weighted by Gasteiger charge is -2.01. The van der Waals surface area contributed by atoms with Crippen LogP contribution in [0.25, 0.3) is 10.1 Å². The molecule has 0 fully saturated rings. The topological polar surface area (TPSA) is 23.8 Å². The molecule has 4 heteroatoms. The predicted molar refractivity (Wildman–Crippen MR) is 63.3 cm³/mol. The van der Waals surface area contributed by atoms with Gasteiger partial charge in [-0.15, -0.1) is 35.6 Å². The summed E-state index contributed by atoms with van der Waals surface area (Å²) in [6.45, 7) is 0. The van der Waals surface area contributed by atoms with Crippen LogP contribution < -0.4 is 0 Å². The summed E-state index contributed by atoms with van der Waals surface area (Å²) < 4.78 is 1.09. The van der Waals surface area contributed by atoms with E-state index in [1.165, 1.54) is 11.3 Å². The number of halogens is 1. The molecule has 1 aromatic carbocycles. The lowest BCUT2D eigenvalue weighted by Crippen LogP contribution is -1.80. The summed E-state index contributed by atoms with van der Waals surface area (Å²) in [5.41, 5.74) is 1.00. The fourth-order valence-corrected chi connectivity index (χ4v) is 2.90. The van der Waals surface area contributed by atoms with Gasteiger partial charge in [0, 0.05) is 15.5 Å². The Morgan fingerprint density at radius 3 is 2.93 bits per heavy atom. The molecule has 0 spiro atoms. The number of benzene rings is 1. The number of nitrogens with zero attached hydrogens (tertiary/aromatic N) is 1. The summed E-state index contributed by atoms with van der Waals surface area (Å²) in [5, 5.41) is 9.83. The van der Waals surface area contributed by atoms with Gasteiger partial charge in [0.05, 0.1) is 0 Å². The molecule has 0 aliphatic rings. The van der Waals surface area contributed by atoms with E-state index in [0.29, 0.717) is 10.8 Å². The molecule has 0 radical (unpaired) electrons. The van der Waals surface area contributed by atoms with Crippen LogP contribution in [-0.2, 0) is 5.88 Å². The van der Waals surface area contributed by atoms with E-state index in [9.17, 15) is 0 Å². The van der Waals surface area contributed by atoms with E-state index in [2.05, 4.69) is 18.7 Å². The Morgan fingerprint density at radius 2 is 2.29 bits per heavy atom. The molecule has 0 N–H and O–H groups in total. The average molecular weight is 240 g/mol. The van der Waals surface area contributed by atoms with Crippen LogP contribution in [0.2, 0.25) is 0 Å².